The Morgan fingerprint density at radius 3 is 2.89 bits per heavy atom. The summed E-state index contributed by atoms with van der Waals surface area (Å²) in [4.78, 5) is 11.7. The Bertz CT molecular complexity index is 447. The minimum absolute atomic E-state index is 0.234. The van der Waals surface area contributed by atoms with Crippen LogP contribution in [0.1, 0.15) is 26.2 Å². The Hall–Kier alpha value is -1.08. The van der Waals surface area contributed by atoms with Crippen LogP contribution < -0.4 is 5.32 Å². The summed E-state index contributed by atoms with van der Waals surface area (Å²) in [6, 6.07) is 0. The van der Waals surface area contributed by atoms with Gasteiger partial charge in [0.2, 0.25) is 0 Å². The number of carboxylic acids is 1. The highest BCUT2D eigenvalue weighted by molar-refractivity contribution is 7.99. The maximum atomic E-state index is 11.7. The molecule has 1 fully saturated rings. The van der Waals surface area contributed by atoms with Gasteiger partial charge in [-0.1, -0.05) is 18.7 Å². The van der Waals surface area contributed by atoms with Gasteiger partial charge in [-0.15, -0.1) is 10.2 Å². The number of thioether (sulfide) groups is 1. The second kappa shape index (κ2) is 5.92. The van der Waals surface area contributed by atoms with E-state index in [-0.39, 0.29) is 5.92 Å². The van der Waals surface area contributed by atoms with Crippen molar-refractivity contribution in [2.24, 2.45) is 13.0 Å². The monoisotopic (exact) mass is 284 g/mol. The third-order valence-electron chi connectivity index (χ3n) is 3.45. The first kappa shape index (κ1) is 14.3. The van der Waals surface area contributed by atoms with Crippen LogP contribution in [0.15, 0.2) is 11.5 Å². The molecule has 0 spiro atoms. The van der Waals surface area contributed by atoms with Gasteiger partial charge < -0.3 is 15.0 Å². The fourth-order valence-electron chi connectivity index (χ4n) is 2.13. The summed E-state index contributed by atoms with van der Waals surface area (Å²) in [6.45, 7) is 2.77. The second-order valence-corrected chi connectivity index (χ2v) is 5.93. The molecule has 0 saturated heterocycles. The zero-order valence-electron chi connectivity index (χ0n) is 11.3. The van der Waals surface area contributed by atoms with Crippen LogP contribution in [0.25, 0.3) is 0 Å². The van der Waals surface area contributed by atoms with Crippen LogP contribution in [0.5, 0.6) is 0 Å². The van der Waals surface area contributed by atoms with Gasteiger partial charge in [0, 0.05) is 12.8 Å². The fraction of sp³-hybridized carbons (Fsp3) is 0.750. The van der Waals surface area contributed by atoms with E-state index in [2.05, 4.69) is 15.5 Å². The van der Waals surface area contributed by atoms with Crippen molar-refractivity contribution in [3.63, 3.8) is 0 Å². The summed E-state index contributed by atoms with van der Waals surface area (Å²) in [5, 5.41) is 21.5. The molecule has 0 amide bonds. The van der Waals surface area contributed by atoms with E-state index < -0.39 is 11.5 Å². The summed E-state index contributed by atoms with van der Waals surface area (Å²) in [7, 11) is 1.86. The quantitative estimate of drug-likeness (QED) is 0.697. The fourth-order valence-corrected chi connectivity index (χ4v) is 3.30. The molecule has 1 saturated carbocycles. The molecule has 2 rings (SSSR count). The highest BCUT2D eigenvalue weighted by atomic mass is 32.2. The van der Waals surface area contributed by atoms with Crippen molar-refractivity contribution in [2.45, 2.75) is 36.9 Å². The van der Waals surface area contributed by atoms with Crippen molar-refractivity contribution in [2.75, 3.05) is 12.3 Å². The van der Waals surface area contributed by atoms with Crippen LogP contribution in [0.2, 0.25) is 0 Å². The number of nitrogens with zero attached hydrogens (tertiary/aromatic N) is 3. The third-order valence-corrected chi connectivity index (χ3v) is 4.67. The molecule has 1 aromatic rings. The van der Waals surface area contributed by atoms with Crippen LogP contribution in [-0.2, 0) is 11.8 Å². The lowest BCUT2D eigenvalue weighted by Gasteiger charge is -2.30. The van der Waals surface area contributed by atoms with Crippen molar-refractivity contribution >= 4 is 17.7 Å². The van der Waals surface area contributed by atoms with Crippen LogP contribution >= 0.6 is 11.8 Å². The number of aryl methyl sites for hydroxylation is 1. The smallest absolute Gasteiger partial charge is 0.325 e. The van der Waals surface area contributed by atoms with E-state index in [1.807, 2.05) is 18.5 Å². The summed E-state index contributed by atoms with van der Waals surface area (Å²) in [5.41, 5.74) is -0.827. The lowest BCUT2D eigenvalue weighted by molar-refractivity contribution is -0.144. The normalized spacial score (nSPS) is 18.2. The molecule has 1 heterocycles. The van der Waals surface area contributed by atoms with Gasteiger partial charge in [0.15, 0.2) is 5.16 Å². The van der Waals surface area contributed by atoms with Crippen molar-refractivity contribution in [3.8, 4) is 0 Å². The highest BCUT2D eigenvalue weighted by Crippen LogP contribution is 2.42. The summed E-state index contributed by atoms with van der Waals surface area (Å²) in [6.07, 6.45) is 4.53. The molecule has 2 N–H and O–H groups in total. The minimum atomic E-state index is -0.827. The molecule has 106 valence electrons. The SMILES string of the molecule is CCCNC(CSc1nncn1C)(C(=O)O)C1CC1. The Labute approximate surface area is 117 Å². The van der Waals surface area contributed by atoms with Crippen molar-refractivity contribution in [1.82, 2.24) is 20.1 Å². The first-order chi connectivity index (χ1) is 9.10. The predicted octanol–water partition coefficient (Wildman–Crippen LogP) is 1.14. The van der Waals surface area contributed by atoms with E-state index in [0.717, 1.165) is 31.0 Å². The van der Waals surface area contributed by atoms with Gasteiger partial charge in [0.1, 0.15) is 11.9 Å². The summed E-state index contributed by atoms with van der Waals surface area (Å²) in [5.74, 6) is -0.0325. The molecule has 1 aliphatic rings. The van der Waals surface area contributed by atoms with Gasteiger partial charge in [-0.05, 0) is 31.7 Å². The zero-order valence-corrected chi connectivity index (χ0v) is 12.1. The van der Waals surface area contributed by atoms with E-state index >= 15 is 0 Å². The third kappa shape index (κ3) is 3.09. The maximum Gasteiger partial charge on any atom is 0.325 e. The molecule has 0 aliphatic heterocycles. The van der Waals surface area contributed by atoms with E-state index in [9.17, 15) is 9.90 Å². The number of hydrogen-bond donors (Lipinski definition) is 2. The van der Waals surface area contributed by atoms with Gasteiger partial charge in [0.05, 0.1) is 0 Å². The van der Waals surface area contributed by atoms with Crippen LogP contribution in [0, 0.1) is 5.92 Å². The van der Waals surface area contributed by atoms with Crippen molar-refractivity contribution < 1.29 is 9.90 Å². The molecule has 0 aromatic carbocycles. The number of aliphatic carboxylic acids is 1. The van der Waals surface area contributed by atoms with Gasteiger partial charge in [-0.3, -0.25) is 4.79 Å². The van der Waals surface area contributed by atoms with Crippen molar-refractivity contribution in [1.29, 1.82) is 0 Å². The number of rotatable bonds is 8. The summed E-state index contributed by atoms with van der Waals surface area (Å²) >= 11 is 1.45. The number of aromatic nitrogens is 3. The van der Waals surface area contributed by atoms with Gasteiger partial charge in [-0.2, -0.15) is 0 Å². The van der Waals surface area contributed by atoms with Gasteiger partial charge >= 0.3 is 5.97 Å². The minimum Gasteiger partial charge on any atom is -0.480 e. The number of carboxylic acid groups (broad SMARTS) is 1. The van der Waals surface area contributed by atoms with E-state index in [0.29, 0.717) is 5.75 Å². The molecule has 1 aliphatic carbocycles. The van der Waals surface area contributed by atoms with Gasteiger partial charge in [0.25, 0.3) is 0 Å². The molecule has 1 aromatic heterocycles. The standard InChI is InChI=1S/C12H20N4O2S/c1-3-6-13-12(10(17)18,9-4-5-9)7-19-11-15-14-8-16(11)2/h8-9,13H,3-7H2,1-2H3,(H,17,18). The number of hydrogen-bond acceptors (Lipinski definition) is 5. The maximum absolute atomic E-state index is 11.7. The average Bonchev–Trinajstić information content (AvgIpc) is 3.14. The van der Waals surface area contributed by atoms with E-state index in [1.165, 1.54) is 11.8 Å². The highest BCUT2D eigenvalue weighted by Gasteiger charge is 2.50. The molecule has 0 radical (unpaired) electrons. The molecular weight excluding hydrogens is 264 g/mol. The number of nitrogens with one attached hydrogen (secondary N) is 1. The second-order valence-electron chi connectivity index (χ2n) is 4.99. The topological polar surface area (TPSA) is 80.0 Å². The molecule has 7 heteroatoms. The molecular formula is C12H20N4O2S. The predicted molar refractivity (Wildman–Crippen MR) is 73.1 cm³/mol. The number of carbonyl (C=O) groups is 1. The van der Waals surface area contributed by atoms with E-state index in [4.69, 9.17) is 0 Å². The molecule has 1 unspecified atom stereocenters. The lowest BCUT2D eigenvalue weighted by Crippen LogP contribution is -2.56. The molecule has 0 bridgehead atoms. The first-order valence-corrected chi connectivity index (χ1v) is 7.54. The molecule has 6 nitrogen and oxygen atoms in total. The Morgan fingerprint density at radius 2 is 2.42 bits per heavy atom. The Morgan fingerprint density at radius 1 is 1.68 bits per heavy atom. The molecule has 1 atom stereocenters. The summed E-state index contributed by atoms with van der Waals surface area (Å²) < 4.78 is 1.81. The lowest BCUT2D eigenvalue weighted by atomic mass is 9.95. The van der Waals surface area contributed by atoms with Crippen LogP contribution in [0.4, 0.5) is 0 Å². The van der Waals surface area contributed by atoms with Crippen LogP contribution in [-0.4, -0.2) is 43.7 Å². The first-order valence-electron chi connectivity index (χ1n) is 6.55. The van der Waals surface area contributed by atoms with Gasteiger partial charge in [-0.25, -0.2) is 0 Å². The average molecular weight is 284 g/mol. The molecule has 19 heavy (non-hydrogen) atoms. The largest absolute Gasteiger partial charge is 0.480 e. The van der Waals surface area contributed by atoms with Crippen LogP contribution in [0.3, 0.4) is 0 Å². The zero-order chi connectivity index (χ0) is 13.9. The Kier molecular flexibility index (Phi) is 4.46. The Balaban J connectivity index is 2.08. The van der Waals surface area contributed by atoms with Crippen molar-refractivity contribution in [3.05, 3.63) is 6.33 Å². The van der Waals surface area contributed by atoms with E-state index in [1.54, 1.807) is 6.33 Å².